The Bertz CT molecular complexity index is 1170. The molecule has 6 nitrogen and oxygen atoms in total. The van der Waals surface area contributed by atoms with E-state index in [0.717, 1.165) is 6.54 Å². The number of nitrogens with one attached hydrogen (secondary N) is 1. The third-order valence-electron chi connectivity index (χ3n) is 5.16. The Morgan fingerprint density at radius 1 is 1.16 bits per heavy atom. The largest absolute Gasteiger partial charge is 0.337 e. The molecule has 2 heterocycles. The second-order valence-electron chi connectivity index (χ2n) is 7.80. The number of nitrogens with zero attached hydrogens (tertiary/aromatic N) is 5. The molecular formula is C22H23F3N6. The molecule has 0 aliphatic heterocycles. The average molecular weight is 428 g/mol. The number of alkyl halides is 1. The first-order chi connectivity index (χ1) is 14.8. The Morgan fingerprint density at radius 3 is 2.68 bits per heavy atom. The van der Waals surface area contributed by atoms with Crippen LogP contribution in [-0.4, -0.2) is 51.2 Å². The van der Waals surface area contributed by atoms with E-state index in [4.69, 9.17) is 0 Å². The van der Waals surface area contributed by atoms with Crippen LogP contribution in [0.4, 0.5) is 19.0 Å². The maximum atomic E-state index is 14.7. The molecule has 162 valence electrons. The zero-order valence-corrected chi connectivity index (χ0v) is 17.5. The summed E-state index contributed by atoms with van der Waals surface area (Å²) in [5, 5.41) is 2.78. The van der Waals surface area contributed by atoms with Gasteiger partial charge in [-0.3, -0.25) is 0 Å². The van der Waals surface area contributed by atoms with Crippen molar-refractivity contribution >= 4 is 17.0 Å². The van der Waals surface area contributed by atoms with E-state index in [1.807, 2.05) is 23.6 Å². The molecule has 1 aliphatic carbocycles. The fourth-order valence-corrected chi connectivity index (χ4v) is 3.34. The maximum Gasteiger partial charge on any atom is 0.167 e. The summed E-state index contributed by atoms with van der Waals surface area (Å²) in [7, 11) is 3.89. The summed E-state index contributed by atoms with van der Waals surface area (Å²) >= 11 is 0. The predicted octanol–water partition coefficient (Wildman–Crippen LogP) is 4.33. The van der Waals surface area contributed by atoms with Gasteiger partial charge in [-0.1, -0.05) is 25.1 Å². The van der Waals surface area contributed by atoms with Crippen molar-refractivity contribution in [2.45, 2.75) is 19.6 Å². The average Bonchev–Trinajstić information content (AvgIpc) is 3.16. The summed E-state index contributed by atoms with van der Waals surface area (Å²) in [6, 6.07) is 6.12. The monoisotopic (exact) mass is 428 g/mol. The van der Waals surface area contributed by atoms with Crippen LogP contribution in [0.5, 0.6) is 0 Å². The Kier molecular flexibility index (Phi) is 5.77. The van der Waals surface area contributed by atoms with Gasteiger partial charge in [-0.25, -0.2) is 28.1 Å². The molecule has 1 N–H and O–H groups in total. The molecule has 0 saturated heterocycles. The lowest BCUT2D eigenvalue weighted by molar-refractivity contribution is 0.310. The number of halogens is 3. The lowest BCUT2D eigenvalue weighted by Gasteiger charge is -2.22. The number of rotatable bonds is 6. The van der Waals surface area contributed by atoms with Crippen molar-refractivity contribution in [1.29, 1.82) is 0 Å². The summed E-state index contributed by atoms with van der Waals surface area (Å²) in [6.45, 7) is 2.97. The molecule has 2 atom stereocenters. The van der Waals surface area contributed by atoms with E-state index in [2.05, 4.69) is 20.3 Å². The van der Waals surface area contributed by atoms with Crippen molar-refractivity contribution in [3.8, 4) is 11.4 Å². The van der Waals surface area contributed by atoms with Crippen LogP contribution in [-0.2, 0) is 6.54 Å². The van der Waals surface area contributed by atoms with Crippen LogP contribution in [0.25, 0.3) is 22.6 Å². The molecule has 0 spiro atoms. The van der Waals surface area contributed by atoms with Crippen molar-refractivity contribution < 1.29 is 13.2 Å². The number of anilines is 1. The zero-order chi connectivity index (χ0) is 22.1. The molecule has 31 heavy (non-hydrogen) atoms. The Balaban J connectivity index is 1.85. The van der Waals surface area contributed by atoms with Crippen LogP contribution >= 0.6 is 0 Å². The Hall–Kier alpha value is -3.20. The van der Waals surface area contributed by atoms with Crippen LogP contribution < -0.4 is 5.32 Å². The highest BCUT2D eigenvalue weighted by molar-refractivity contribution is 5.86. The molecule has 9 heteroatoms. The van der Waals surface area contributed by atoms with Gasteiger partial charge >= 0.3 is 0 Å². The molecule has 2 unspecified atom stereocenters. The van der Waals surface area contributed by atoms with E-state index in [9.17, 15) is 13.2 Å². The van der Waals surface area contributed by atoms with Gasteiger partial charge in [-0.05, 0) is 32.3 Å². The van der Waals surface area contributed by atoms with Crippen LogP contribution in [0.2, 0.25) is 0 Å². The topological polar surface area (TPSA) is 58.9 Å². The predicted molar refractivity (Wildman–Crippen MR) is 114 cm³/mol. The molecule has 1 aliphatic rings. The fourth-order valence-electron chi connectivity index (χ4n) is 3.34. The second-order valence-corrected chi connectivity index (χ2v) is 7.80. The van der Waals surface area contributed by atoms with Gasteiger partial charge in [0.1, 0.15) is 17.8 Å². The quantitative estimate of drug-likeness (QED) is 0.633. The number of fused-ring (bicyclic) bond motifs is 1. The minimum absolute atomic E-state index is 0.107. The zero-order valence-electron chi connectivity index (χ0n) is 17.5. The SMILES string of the molecule is CC1C=CC(F)=C(Nc2nc(-c3ccccc3F)nc3c2ncn3CCN(C)C)C1F. The molecule has 1 aromatic carbocycles. The molecule has 0 radical (unpaired) electrons. The van der Waals surface area contributed by atoms with E-state index in [1.54, 1.807) is 31.5 Å². The second kappa shape index (κ2) is 8.50. The van der Waals surface area contributed by atoms with E-state index in [1.165, 1.54) is 18.2 Å². The van der Waals surface area contributed by atoms with Crippen molar-refractivity contribution in [3.63, 3.8) is 0 Å². The van der Waals surface area contributed by atoms with Crippen LogP contribution in [0.3, 0.4) is 0 Å². The molecule has 0 fully saturated rings. The number of hydrogen-bond donors (Lipinski definition) is 1. The van der Waals surface area contributed by atoms with Gasteiger partial charge in [0.2, 0.25) is 0 Å². The number of aromatic nitrogens is 4. The highest BCUT2D eigenvalue weighted by atomic mass is 19.1. The lowest BCUT2D eigenvalue weighted by Crippen LogP contribution is -2.23. The first-order valence-corrected chi connectivity index (χ1v) is 9.96. The van der Waals surface area contributed by atoms with E-state index in [0.29, 0.717) is 17.7 Å². The standard InChI is InChI=1S/C22H23F3N6/c1-13-8-9-16(24)18(17(13)25)27-21-19-22(31(12-26-19)11-10-30(2)3)29-20(28-21)14-6-4-5-7-15(14)23/h4-9,12-13,17H,10-11H2,1-3H3,(H,27,28,29). The highest BCUT2D eigenvalue weighted by Crippen LogP contribution is 2.31. The van der Waals surface area contributed by atoms with Crippen LogP contribution in [0.15, 0.2) is 54.3 Å². The first-order valence-electron chi connectivity index (χ1n) is 9.96. The summed E-state index contributed by atoms with van der Waals surface area (Å²) in [5.74, 6) is -1.47. The Labute approximate surface area is 178 Å². The van der Waals surface area contributed by atoms with Crippen molar-refractivity contribution in [2.24, 2.45) is 5.92 Å². The van der Waals surface area contributed by atoms with E-state index < -0.39 is 23.7 Å². The molecule has 0 saturated carbocycles. The smallest absolute Gasteiger partial charge is 0.167 e. The highest BCUT2D eigenvalue weighted by Gasteiger charge is 2.28. The third kappa shape index (κ3) is 4.18. The summed E-state index contributed by atoms with van der Waals surface area (Å²) < 4.78 is 45.4. The van der Waals surface area contributed by atoms with Gasteiger partial charge in [0.05, 0.1) is 17.6 Å². The maximum absolute atomic E-state index is 14.7. The number of allylic oxidation sites excluding steroid dienone is 4. The van der Waals surface area contributed by atoms with Crippen LogP contribution in [0.1, 0.15) is 6.92 Å². The summed E-state index contributed by atoms with van der Waals surface area (Å²) in [5.41, 5.74) is 0.773. The van der Waals surface area contributed by atoms with Crippen molar-refractivity contribution in [1.82, 2.24) is 24.4 Å². The lowest BCUT2D eigenvalue weighted by atomic mass is 9.97. The van der Waals surface area contributed by atoms with Crippen molar-refractivity contribution in [3.05, 3.63) is 60.1 Å². The molecule has 0 bridgehead atoms. The number of likely N-dealkylation sites (N-methyl/N-ethyl adjacent to an activating group) is 1. The molecule has 4 rings (SSSR count). The molecule has 0 amide bonds. The number of benzene rings is 1. The Morgan fingerprint density at radius 2 is 1.94 bits per heavy atom. The molecular weight excluding hydrogens is 405 g/mol. The minimum atomic E-state index is -1.57. The molecule has 2 aromatic heterocycles. The van der Waals surface area contributed by atoms with E-state index in [-0.39, 0.29) is 22.9 Å². The van der Waals surface area contributed by atoms with Gasteiger partial charge in [0.25, 0.3) is 0 Å². The summed E-state index contributed by atoms with van der Waals surface area (Å²) in [4.78, 5) is 15.3. The number of imidazole rings is 1. The molecule has 3 aromatic rings. The minimum Gasteiger partial charge on any atom is -0.337 e. The fraction of sp³-hybridized carbons (Fsp3) is 0.318. The van der Waals surface area contributed by atoms with Gasteiger partial charge in [-0.15, -0.1) is 0 Å². The van der Waals surface area contributed by atoms with Gasteiger partial charge in [0.15, 0.2) is 22.8 Å². The van der Waals surface area contributed by atoms with E-state index >= 15 is 0 Å². The first kappa shape index (κ1) is 21.0. The van der Waals surface area contributed by atoms with Crippen LogP contribution in [0, 0.1) is 11.7 Å². The number of hydrogen-bond acceptors (Lipinski definition) is 5. The van der Waals surface area contributed by atoms with Crippen molar-refractivity contribution in [2.75, 3.05) is 26.0 Å². The van der Waals surface area contributed by atoms with Gasteiger partial charge in [-0.2, -0.15) is 0 Å². The summed E-state index contributed by atoms with van der Waals surface area (Å²) in [6.07, 6.45) is 2.74. The normalized spacial score (nSPS) is 18.9. The van der Waals surface area contributed by atoms with Gasteiger partial charge in [0, 0.05) is 19.0 Å². The van der Waals surface area contributed by atoms with Gasteiger partial charge < -0.3 is 14.8 Å². The third-order valence-corrected chi connectivity index (χ3v) is 5.16.